The van der Waals surface area contributed by atoms with Gasteiger partial charge in [-0.05, 0) is 48.6 Å². The van der Waals surface area contributed by atoms with Crippen molar-refractivity contribution in [3.05, 3.63) is 35.4 Å². The lowest BCUT2D eigenvalue weighted by molar-refractivity contribution is -0.186. The average Bonchev–Trinajstić information content (AvgIpc) is 2.66. The number of benzene rings is 1. The van der Waals surface area contributed by atoms with E-state index in [4.69, 9.17) is 0 Å². The Morgan fingerprint density at radius 2 is 1.66 bits per heavy atom. The molecule has 162 valence electrons. The molecular weight excluding hydrogens is 377 g/mol. The Balaban J connectivity index is 1.47. The van der Waals surface area contributed by atoms with Crippen LogP contribution in [0.1, 0.15) is 57.1 Å². The average molecular weight is 411 g/mol. The maximum Gasteiger partial charge on any atom is 0.391 e. The second kappa shape index (κ2) is 9.50. The van der Waals surface area contributed by atoms with Crippen molar-refractivity contribution < 1.29 is 18.0 Å². The summed E-state index contributed by atoms with van der Waals surface area (Å²) in [6.45, 7) is 8.16. The molecule has 2 fully saturated rings. The van der Waals surface area contributed by atoms with Crippen molar-refractivity contribution in [2.75, 3.05) is 13.1 Å². The standard InChI is InChI=1S/C23H33F3N2O/c1-16-10-17(2)14-28(13-16)15-19-8-6-18(7-9-19)12-27-22(29)20-4-3-5-21(11-20)23(24,25)26/h6-9,16-17,20-21H,3-5,10-15H2,1-2H3,(H,27,29). The molecule has 1 aromatic carbocycles. The summed E-state index contributed by atoms with van der Waals surface area (Å²) in [4.78, 5) is 14.8. The van der Waals surface area contributed by atoms with Crippen molar-refractivity contribution in [2.45, 2.75) is 65.2 Å². The molecule has 1 aliphatic carbocycles. The molecule has 0 aromatic heterocycles. The van der Waals surface area contributed by atoms with E-state index < -0.39 is 18.0 Å². The number of carbonyl (C=O) groups is 1. The van der Waals surface area contributed by atoms with Gasteiger partial charge in [0.15, 0.2) is 0 Å². The minimum atomic E-state index is -4.20. The molecule has 29 heavy (non-hydrogen) atoms. The van der Waals surface area contributed by atoms with Crippen LogP contribution in [0.25, 0.3) is 0 Å². The Morgan fingerprint density at radius 1 is 1.03 bits per heavy atom. The molecule has 2 aliphatic rings. The van der Waals surface area contributed by atoms with Crippen LogP contribution in [0.3, 0.4) is 0 Å². The fourth-order valence-corrected chi connectivity index (χ4v) is 5.00. The Labute approximate surface area is 172 Å². The predicted molar refractivity (Wildman–Crippen MR) is 108 cm³/mol. The molecule has 4 atom stereocenters. The molecule has 1 aliphatic heterocycles. The van der Waals surface area contributed by atoms with Gasteiger partial charge in [-0.3, -0.25) is 9.69 Å². The van der Waals surface area contributed by atoms with Crippen molar-refractivity contribution in [2.24, 2.45) is 23.7 Å². The molecule has 1 heterocycles. The van der Waals surface area contributed by atoms with Crippen LogP contribution < -0.4 is 5.32 Å². The SMILES string of the molecule is CC1CC(C)CN(Cc2ccc(CNC(=O)C3CCCC(C(F)(F)F)C3)cc2)C1. The molecule has 0 bridgehead atoms. The summed E-state index contributed by atoms with van der Waals surface area (Å²) in [5.74, 6) is -0.668. The molecule has 3 nitrogen and oxygen atoms in total. The number of hydrogen-bond donors (Lipinski definition) is 1. The quantitative estimate of drug-likeness (QED) is 0.728. The largest absolute Gasteiger partial charge is 0.391 e. The predicted octanol–water partition coefficient (Wildman–Crippen LogP) is 5.15. The number of piperidine rings is 1. The summed E-state index contributed by atoms with van der Waals surface area (Å²) in [7, 11) is 0. The van der Waals surface area contributed by atoms with E-state index in [-0.39, 0.29) is 18.7 Å². The van der Waals surface area contributed by atoms with E-state index in [1.54, 1.807) is 0 Å². The summed E-state index contributed by atoms with van der Waals surface area (Å²) in [6, 6.07) is 8.19. The van der Waals surface area contributed by atoms with E-state index in [0.717, 1.165) is 37.0 Å². The third-order valence-electron chi connectivity index (χ3n) is 6.35. The fraction of sp³-hybridized carbons (Fsp3) is 0.696. The highest BCUT2D eigenvalue weighted by atomic mass is 19.4. The van der Waals surface area contributed by atoms with Gasteiger partial charge in [-0.25, -0.2) is 0 Å². The lowest BCUT2D eigenvalue weighted by Crippen LogP contribution is -2.38. The van der Waals surface area contributed by atoms with Crippen LogP contribution in [0.15, 0.2) is 24.3 Å². The number of carbonyl (C=O) groups excluding carboxylic acids is 1. The highest BCUT2D eigenvalue weighted by Crippen LogP contribution is 2.39. The second-order valence-electron chi connectivity index (χ2n) is 9.28. The molecule has 1 amide bonds. The van der Waals surface area contributed by atoms with Crippen LogP contribution in [0.4, 0.5) is 13.2 Å². The Kier molecular flexibility index (Phi) is 7.25. The first-order valence-corrected chi connectivity index (χ1v) is 10.8. The van der Waals surface area contributed by atoms with Crippen LogP contribution in [0.2, 0.25) is 0 Å². The van der Waals surface area contributed by atoms with E-state index in [1.807, 2.05) is 12.1 Å². The van der Waals surface area contributed by atoms with Crippen molar-refractivity contribution >= 4 is 5.91 Å². The van der Waals surface area contributed by atoms with E-state index in [1.165, 1.54) is 12.0 Å². The first-order valence-electron chi connectivity index (χ1n) is 10.8. The van der Waals surface area contributed by atoms with Crippen LogP contribution in [0.5, 0.6) is 0 Å². The van der Waals surface area contributed by atoms with Gasteiger partial charge in [0.2, 0.25) is 5.91 Å². The zero-order chi connectivity index (χ0) is 21.0. The Morgan fingerprint density at radius 3 is 2.28 bits per heavy atom. The first-order chi connectivity index (χ1) is 13.7. The number of nitrogens with one attached hydrogen (secondary N) is 1. The van der Waals surface area contributed by atoms with Gasteiger partial charge in [0, 0.05) is 32.1 Å². The van der Waals surface area contributed by atoms with Gasteiger partial charge in [-0.1, -0.05) is 44.5 Å². The molecule has 3 rings (SSSR count). The minimum absolute atomic E-state index is 0.0824. The summed E-state index contributed by atoms with van der Waals surface area (Å²) in [5, 5.41) is 2.84. The van der Waals surface area contributed by atoms with E-state index in [9.17, 15) is 18.0 Å². The molecule has 6 heteroatoms. The molecule has 4 unspecified atom stereocenters. The highest BCUT2D eigenvalue weighted by molar-refractivity contribution is 5.78. The van der Waals surface area contributed by atoms with Crippen molar-refractivity contribution in [1.82, 2.24) is 10.2 Å². The molecule has 1 saturated heterocycles. The van der Waals surface area contributed by atoms with Crippen LogP contribution in [0, 0.1) is 23.7 Å². The molecule has 1 saturated carbocycles. The normalized spacial score (nSPS) is 28.9. The Bertz CT molecular complexity index is 664. The van der Waals surface area contributed by atoms with Crippen molar-refractivity contribution in [3.8, 4) is 0 Å². The van der Waals surface area contributed by atoms with Gasteiger partial charge in [0.1, 0.15) is 0 Å². The van der Waals surface area contributed by atoms with Crippen LogP contribution >= 0.6 is 0 Å². The monoisotopic (exact) mass is 410 g/mol. The molecule has 0 radical (unpaired) electrons. The second-order valence-corrected chi connectivity index (χ2v) is 9.28. The first kappa shape index (κ1) is 22.1. The number of nitrogens with zero attached hydrogens (tertiary/aromatic N) is 1. The summed E-state index contributed by atoms with van der Waals surface area (Å²) >= 11 is 0. The summed E-state index contributed by atoms with van der Waals surface area (Å²) in [6.07, 6.45) is -1.84. The molecule has 0 spiro atoms. The topological polar surface area (TPSA) is 32.3 Å². The lowest BCUT2D eigenvalue weighted by atomic mass is 9.80. The number of rotatable bonds is 5. The number of alkyl halides is 3. The van der Waals surface area contributed by atoms with Gasteiger partial charge in [0.25, 0.3) is 0 Å². The zero-order valence-corrected chi connectivity index (χ0v) is 17.5. The number of halogens is 3. The van der Waals surface area contributed by atoms with Gasteiger partial charge in [-0.15, -0.1) is 0 Å². The van der Waals surface area contributed by atoms with Gasteiger partial charge in [-0.2, -0.15) is 13.2 Å². The maximum atomic E-state index is 12.9. The number of likely N-dealkylation sites (tertiary alicyclic amines) is 1. The number of amides is 1. The van der Waals surface area contributed by atoms with Gasteiger partial charge < -0.3 is 5.32 Å². The maximum absolute atomic E-state index is 12.9. The van der Waals surface area contributed by atoms with Gasteiger partial charge >= 0.3 is 6.18 Å². The zero-order valence-electron chi connectivity index (χ0n) is 17.5. The lowest BCUT2D eigenvalue weighted by Gasteiger charge is -2.35. The van der Waals surface area contributed by atoms with E-state index in [2.05, 4.69) is 36.2 Å². The summed E-state index contributed by atoms with van der Waals surface area (Å²) < 4.78 is 38.8. The highest BCUT2D eigenvalue weighted by Gasteiger charge is 2.43. The van der Waals surface area contributed by atoms with Crippen LogP contribution in [-0.2, 0) is 17.9 Å². The van der Waals surface area contributed by atoms with Crippen LogP contribution in [-0.4, -0.2) is 30.1 Å². The fourth-order valence-electron chi connectivity index (χ4n) is 5.00. The minimum Gasteiger partial charge on any atom is -0.352 e. The molecule has 1 aromatic rings. The van der Waals surface area contributed by atoms with E-state index in [0.29, 0.717) is 19.4 Å². The van der Waals surface area contributed by atoms with E-state index >= 15 is 0 Å². The summed E-state index contributed by atoms with van der Waals surface area (Å²) in [5.41, 5.74) is 2.23. The van der Waals surface area contributed by atoms with Crippen molar-refractivity contribution in [1.29, 1.82) is 0 Å². The Hall–Kier alpha value is -1.56. The third-order valence-corrected chi connectivity index (χ3v) is 6.35. The molecular formula is C23H33F3N2O. The van der Waals surface area contributed by atoms with Gasteiger partial charge in [0.05, 0.1) is 5.92 Å². The smallest absolute Gasteiger partial charge is 0.352 e. The third kappa shape index (κ3) is 6.46. The number of hydrogen-bond acceptors (Lipinski definition) is 2. The molecule has 1 N–H and O–H groups in total. The van der Waals surface area contributed by atoms with Crippen molar-refractivity contribution in [3.63, 3.8) is 0 Å².